The third-order valence-corrected chi connectivity index (χ3v) is 10.9. The first-order chi connectivity index (χ1) is 23.8. The maximum atomic E-state index is 12.5. The first-order valence-electron chi connectivity index (χ1n) is 17.7. The van der Waals surface area contributed by atoms with Crippen LogP contribution in [0.15, 0.2) is 61.1 Å². The molecule has 0 spiro atoms. The third-order valence-electron chi connectivity index (χ3n) is 10.9. The van der Waals surface area contributed by atoms with Crippen LogP contribution >= 0.6 is 0 Å². The normalized spacial score (nSPS) is 24.2. The molecule has 4 fully saturated rings. The molecular weight excluding hydrogens is 620 g/mol. The second-order valence-electron chi connectivity index (χ2n) is 14.0. The van der Waals surface area contributed by atoms with Crippen molar-refractivity contribution in [2.24, 2.45) is 23.7 Å². The summed E-state index contributed by atoms with van der Waals surface area (Å²) in [4.78, 5) is 46.5. The number of nitrogens with one attached hydrogen (secondary N) is 1. The number of ketones is 1. The van der Waals surface area contributed by atoms with Crippen molar-refractivity contribution in [2.75, 3.05) is 32.6 Å². The first-order valence-corrected chi connectivity index (χ1v) is 17.7. The highest BCUT2D eigenvalue weighted by Crippen LogP contribution is 2.46. The number of pyridine rings is 2. The summed E-state index contributed by atoms with van der Waals surface area (Å²) in [6, 6.07) is 13.3. The average molecular weight is 669 g/mol. The van der Waals surface area contributed by atoms with Gasteiger partial charge in [0.2, 0.25) is 5.88 Å². The SMILES string of the molecule is COC(=O)N1C[C@H](C(C)=O)[C@H](c2ccc(OC)c(CC3CCCC3)c2)C1.O=C(Nc1ccncc1)c1cccnc1O[C@H]1CC2CCC1C2. The van der Waals surface area contributed by atoms with Crippen LogP contribution in [0.2, 0.25) is 0 Å². The van der Waals surface area contributed by atoms with E-state index >= 15 is 0 Å². The third kappa shape index (κ3) is 8.23. The Balaban J connectivity index is 0.000000171. The number of carbonyl (C=O) groups is 3. The number of fused-ring (bicyclic) bond motifs is 2. The van der Waals surface area contributed by atoms with Gasteiger partial charge < -0.3 is 24.4 Å². The molecule has 0 radical (unpaired) electrons. The van der Waals surface area contributed by atoms with E-state index in [-0.39, 0.29) is 35.7 Å². The number of hydrogen-bond acceptors (Lipinski definition) is 8. The molecule has 260 valence electrons. The Labute approximate surface area is 288 Å². The van der Waals surface area contributed by atoms with E-state index in [2.05, 4.69) is 21.4 Å². The number of benzene rings is 1. The number of hydrogen-bond donors (Lipinski definition) is 1. The predicted octanol–water partition coefficient (Wildman–Crippen LogP) is 7.10. The summed E-state index contributed by atoms with van der Waals surface area (Å²) in [6.07, 6.45) is 15.9. The second-order valence-corrected chi connectivity index (χ2v) is 14.0. The number of methoxy groups -OCH3 is 2. The molecule has 2 unspecified atom stereocenters. The minimum absolute atomic E-state index is 0.0137. The van der Waals surface area contributed by atoms with Gasteiger partial charge >= 0.3 is 6.09 Å². The number of rotatable bonds is 9. The van der Waals surface area contributed by atoms with E-state index in [0.29, 0.717) is 36.1 Å². The van der Waals surface area contributed by atoms with E-state index in [1.54, 1.807) is 61.8 Å². The maximum Gasteiger partial charge on any atom is 0.409 e. The monoisotopic (exact) mass is 668 g/mol. The molecule has 10 nitrogen and oxygen atoms in total. The smallest absolute Gasteiger partial charge is 0.409 e. The highest BCUT2D eigenvalue weighted by Gasteiger charge is 2.42. The van der Waals surface area contributed by atoms with E-state index in [0.717, 1.165) is 36.0 Å². The molecule has 3 aliphatic carbocycles. The zero-order valence-corrected chi connectivity index (χ0v) is 28.8. The van der Waals surface area contributed by atoms with Gasteiger partial charge in [0.1, 0.15) is 23.2 Å². The number of carbonyl (C=O) groups excluding carboxylic acids is 3. The Morgan fingerprint density at radius 2 is 1.73 bits per heavy atom. The zero-order valence-electron chi connectivity index (χ0n) is 28.8. The molecule has 2 bridgehead atoms. The number of aromatic nitrogens is 2. The average Bonchev–Trinajstić information content (AvgIpc) is 3.95. The summed E-state index contributed by atoms with van der Waals surface area (Å²) in [5.41, 5.74) is 3.52. The minimum Gasteiger partial charge on any atom is -0.496 e. The molecule has 1 N–H and O–H groups in total. The van der Waals surface area contributed by atoms with Gasteiger partial charge in [0.25, 0.3) is 5.91 Å². The van der Waals surface area contributed by atoms with Gasteiger partial charge in [-0.3, -0.25) is 14.6 Å². The molecule has 2 amide bonds. The van der Waals surface area contributed by atoms with Crippen LogP contribution in [-0.4, -0.2) is 66.1 Å². The molecule has 5 atom stereocenters. The van der Waals surface area contributed by atoms with E-state index in [1.165, 1.54) is 57.6 Å². The molecule has 3 heterocycles. The van der Waals surface area contributed by atoms with Gasteiger partial charge in [0.15, 0.2) is 0 Å². The van der Waals surface area contributed by atoms with Crippen molar-refractivity contribution in [1.29, 1.82) is 0 Å². The van der Waals surface area contributed by atoms with Crippen molar-refractivity contribution in [3.05, 3.63) is 77.7 Å². The Kier molecular flexibility index (Phi) is 11.1. The fourth-order valence-corrected chi connectivity index (χ4v) is 8.31. The second kappa shape index (κ2) is 15.8. The summed E-state index contributed by atoms with van der Waals surface area (Å²) in [5.74, 6) is 3.25. The predicted molar refractivity (Wildman–Crippen MR) is 186 cm³/mol. The van der Waals surface area contributed by atoms with Crippen molar-refractivity contribution in [2.45, 2.75) is 76.7 Å². The lowest BCUT2D eigenvalue weighted by Crippen LogP contribution is -2.29. The van der Waals surface area contributed by atoms with Gasteiger partial charge in [-0.25, -0.2) is 9.78 Å². The fraction of sp³-hybridized carbons (Fsp3) is 0.513. The van der Waals surface area contributed by atoms with Crippen molar-refractivity contribution < 1.29 is 28.6 Å². The highest BCUT2D eigenvalue weighted by atomic mass is 16.5. The van der Waals surface area contributed by atoms with Gasteiger partial charge in [-0.15, -0.1) is 0 Å². The van der Waals surface area contributed by atoms with Gasteiger partial charge in [-0.1, -0.05) is 37.8 Å². The van der Waals surface area contributed by atoms with E-state index in [9.17, 15) is 14.4 Å². The molecular formula is C39H48N4O6. The van der Waals surface area contributed by atoms with Gasteiger partial charge in [0, 0.05) is 49.2 Å². The molecule has 4 aliphatic rings. The topological polar surface area (TPSA) is 120 Å². The van der Waals surface area contributed by atoms with Crippen LogP contribution < -0.4 is 14.8 Å². The van der Waals surface area contributed by atoms with Crippen LogP contribution in [0.25, 0.3) is 0 Å². The quantitative estimate of drug-likeness (QED) is 0.257. The van der Waals surface area contributed by atoms with E-state index in [4.69, 9.17) is 14.2 Å². The molecule has 2 aromatic heterocycles. The van der Waals surface area contributed by atoms with Crippen LogP contribution in [0, 0.1) is 23.7 Å². The number of ether oxygens (including phenoxy) is 3. The molecule has 49 heavy (non-hydrogen) atoms. The molecule has 10 heteroatoms. The lowest BCUT2D eigenvalue weighted by molar-refractivity contribution is -0.120. The molecule has 1 aliphatic heterocycles. The van der Waals surface area contributed by atoms with E-state index < -0.39 is 0 Å². The summed E-state index contributed by atoms with van der Waals surface area (Å²) >= 11 is 0. The Morgan fingerprint density at radius 1 is 0.939 bits per heavy atom. The molecule has 7 rings (SSSR count). The van der Waals surface area contributed by atoms with Crippen LogP contribution in [0.5, 0.6) is 11.6 Å². The Hall–Kier alpha value is -4.47. The molecule has 1 saturated heterocycles. The Morgan fingerprint density at radius 3 is 2.41 bits per heavy atom. The summed E-state index contributed by atoms with van der Waals surface area (Å²) in [6.45, 7) is 2.56. The van der Waals surface area contributed by atoms with Crippen molar-refractivity contribution in [1.82, 2.24) is 14.9 Å². The van der Waals surface area contributed by atoms with Crippen molar-refractivity contribution >= 4 is 23.5 Å². The summed E-state index contributed by atoms with van der Waals surface area (Å²) in [7, 11) is 3.09. The van der Waals surface area contributed by atoms with Gasteiger partial charge in [-0.2, -0.15) is 0 Å². The first kappa shape index (κ1) is 34.4. The Bertz CT molecular complexity index is 1610. The van der Waals surface area contributed by atoms with E-state index in [1.807, 2.05) is 12.1 Å². The van der Waals surface area contributed by atoms with Crippen molar-refractivity contribution in [3.8, 4) is 11.6 Å². The number of nitrogens with zero attached hydrogens (tertiary/aromatic N) is 3. The number of likely N-dealkylation sites (tertiary alicyclic amines) is 1. The minimum atomic E-state index is -0.363. The summed E-state index contributed by atoms with van der Waals surface area (Å²) < 4.78 is 16.5. The van der Waals surface area contributed by atoms with Crippen molar-refractivity contribution in [3.63, 3.8) is 0 Å². The van der Waals surface area contributed by atoms with Crippen LogP contribution in [0.1, 0.15) is 85.7 Å². The van der Waals surface area contributed by atoms with Crippen LogP contribution in [-0.2, 0) is 16.0 Å². The van der Waals surface area contributed by atoms with Gasteiger partial charge in [0.05, 0.1) is 14.2 Å². The summed E-state index contributed by atoms with van der Waals surface area (Å²) in [5, 5.41) is 2.86. The van der Waals surface area contributed by atoms with Crippen LogP contribution in [0.3, 0.4) is 0 Å². The lowest BCUT2D eigenvalue weighted by atomic mass is 9.85. The largest absolute Gasteiger partial charge is 0.496 e. The standard InChI is InChI=1S/C21H29NO4.C18H19N3O2/c1-14(23)18-12-22(21(24)26-3)13-19(18)16-8-9-20(25-2)17(11-16)10-15-6-4-5-7-15;22-17(21-14-5-8-19-9-6-14)15-2-1-7-20-18(15)23-16-11-12-3-4-13(16)10-12/h8-9,11,15,18-19H,4-7,10,12-13H2,1-3H3;1-2,5-9,12-13,16H,3-4,10-11H2,(H,19,21,22)/t18-,19+;12?,13?,16-/m10/s1. The highest BCUT2D eigenvalue weighted by molar-refractivity contribution is 6.05. The van der Waals surface area contributed by atoms with Crippen LogP contribution in [0.4, 0.5) is 10.5 Å². The molecule has 1 aromatic carbocycles. The lowest BCUT2D eigenvalue weighted by Gasteiger charge is -2.23. The molecule has 3 aromatic rings. The van der Waals surface area contributed by atoms with Gasteiger partial charge in [-0.05, 0) is 98.2 Å². The number of amides is 2. The fourth-order valence-electron chi connectivity index (χ4n) is 8.31. The molecule has 3 saturated carbocycles. The number of Topliss-reactive ketones (excluding diaryl/α,β-unsaturated/α-hetero) is 1. The maximum absolute atomic E-state index is 12.5. The number of anilines is 1. The zero-order chi connectivity index (χ0) is 34.3.